The van der Waals surface area contributed by atoms with Crippen LogP contribution in [-0.4, -0.2) is 43.8 Å². The van der Waals surface area contributed by atoms with Gasteiger partial charge in [-0.05, 0) is 24.6 Å². The number of likely N-dealkylation sites (tertiary alicyclic amines) is 1. The van der Waals surface area contributed by atoms with Gasteiger partial charge in [-0.1, -0.05) is 23.4 Å². The predicted molar refractivity (Wildman–Crippen MR) is 86.2 cm³/mol. The molecule has 7 nitrogen and oxygen atoms in total. The molecule has 2 aromatic heterocycles. The first kappa shape index (κ1) is 14.6. The Morgan fingerprint density at radius 1 is 1.25 bits per heavy atom. The first-order valence-electron chi connectivity index (χ1n) is 7.88. The van der Waals surface area contributed by atoms with Gasteiger partial charge in [0.15, 0.2) is 5.82 Å². The zero-order valence-electron chi connectivity index (χ0n) is 13.3. The maximum atomic E-state index is 12.5. The predicted octanol–water partition coefficient (Wildman–Crippen LogP) is 2.10. The van der Waals surface area contributed by atoms with Gasteiger partial charge in [0.25, 0.3) is 11.8 Å². The van der Waals surface area contributed by atoms with Crippen LogP contribution in [-0.2, 0) is 7.05 Å². The van der Waals surface area contributed by atoms with E-state index in [9.17, 15) is 4.79 Å². The number of carbonyl (C=O) groups excluding carboxylic acids is 1. The van der Waals surface area contributed by atoms with Crippen LogP contribution in [0.15, 0.2) is 47.1 Å². The topological polar surface area (TPSA) is 77.0 Å². The molecule has 4 rings (SSSR count). The zero-order valence-corrected chi connectivity index (χ0v) is 13.3. The maximum absolute atomic E-state index is 12.5. The summed E-state index contributed by atoms with van der Waals surface area (Å²) in [5.41, 5.74) is 1.49. The first-order chi connectivity index (χ1) is 11.7. The molecule has 1 fully saturated rings. The molecule has 24 heavy (non-hydrogen) atoms. The number of nitrogens with zero attached hydrogens (tertiary/aromatic N) is 5. The van der Waals surface area contributed by atoms with Crippen LogP contribution >= 0.6 is 0 Å². The molecule has 0 bridgehead atoms. The number of aromatic nitrogens is 4. The molecule has 1 aromatic carbocycles. The first-order valence-corrected chi connectivity index (χ1v) is 7.88. The highest BCUT2D eigenvalue weighted by molar-refractivity contribution is 5.92. The zero-order chi connectivity index (χ0) is 16.5. The van der Waals surface area contributed by atoms with Gasteiger partial charge in [-0.25, -0.2) is 0 Å². The van der Waals surface area contributed by atoms with Gasteiger partial charge in [0.2, 0.25) is 0 Å². The molecular weight excluding hydrogens is 306 g/mol. The number of benzene rings is 1. The highest BCUT2D eigenvalue weighted by Crippen LogP contribution is 2.28. The Morgan fingerprint density at radius 2 is 2.08 bits per heavy atom. The van der Waals surface area contributed by atoms with E-state index in [0.29, 0.717) is 30.5 Å². The summed E-state index contributed by atoms with van der Waals surface area (Å²) < 4.78 is 6.97. The lowest BCUT2D eigenvalue weighted by Gasteiger charge is -2.15. The highest BCUT2D eigenvalue weighted by atomic mass is 16.5. The Kier molecular flexibility index (Phi) is 3.60. The molecule has 1 unspecified atom stereocenters. The van der Waals surface area contributed by atoms with Crippen molar-refractivity contribution in [1.82, 2.24) is 24.8 Å². The molecular formula is C17H17N5O2. The summed E-state index contributed by atoms with van der Waals surface area (Å²) in [7, 11) is 1.77. The third-order valence-corrected chi connectivity index (χ3v) is 4.34. The maximum Gasteiger partial charge on any atom is 0.272 e. The van der Waals surface area contributed by atoms with E-state index >= 15 is 0 Å². The van der Waals surface area contributed by atoms with Crippen LogP contribution in [0.1, 0.15) is 28.7 Å². The molecule has 3 heterocycles. The van der Waals surface area contributed by atoms with E-state index in [1.807, 2.05) is 35.2 Å². The second-order valence-electron chi connectivity index (χ2n) is 5.90. The third-order valence-electron chi connectivity index (χ3n) is 4.34. The van der Waals surface area contributed by atoms with Gasteiger partial charge in [-0.2, -0.15) is 10.1 Å². The fraction of sp³-hybridized carbons (Fsp3) is 0.294. The van der Waals surface area contributed by atoms with E-state index in [-0.39, 0.29) is 11.8 Å². The van der Waals surface area contributed by atoms with Crippen molar-refractivity contribution in [3.63, 3.8) is 0 Å². The monoisotopic (exact) mass is 323 g/mol. The molecule has 0 radical (unpaired) electrons. The minimum atomic E-state index is -0.00993. The van der Waals surface area contributed by atoms with Gasteiger partial charge in [-0.3, -0.25) is 9.48 Å². The summed E-state index contributed by atoms with van der Waals surface area (Å²) in [6, 6.07) is 11.4. The number of rotatable bonds is 3. The quantitative estimate of drug-likeness (QED) is 0.737. The fourth-order valence-corrected chi connectivity index (χ4v) is 3.00. The van der Waals surface area contributed by atoms with E-state index < -0.39 is 0 Å². The van der Waals surface area contributed by atoms with Gasteiger partial charge < -0.3 is 9.42 Å². The average Bonchev–Trinajstić information content (AvgIpc) is 3.35. The molecule has 0 saturated carbocycles. The molecule has 0 N–H and O–H groups in total. The van der Waals surface area contributed by atoms with Crippen molar-refractivity contribution in [1.29, 1.82) is 0 Å². The third kappa shape index (κ3) is 2.58. The number of amides is 1. The molecule has 122 valence electrons. The van der Waals surface area contributed by atoms with Crippen molar-refractivity contribution >= 4 is 5.91 Å². The van der Waals surface area contributed by atoms with Crippen molar-refractivity contribution in [2.45, 2.75) is 12.3 Å². The highest BCUT2D eigenvalue weighted by Gasteiger charge is 2.32. The lowest BCUT2D eigenvalue weighted by Crippen LogP contribution is -2.30. The van der Waals surface area contributed by atoms with Gasteiger partial charge >= 0.3 is 0 Å². The minimum absolute atomic E-state index is 0.00993. The summed E-state index contributed by atoms with van der Waals surface area (Å²) in [4.78, 5) is 18.9. The molecule has 3 aromatic rings. The van der Waals surface area contributed by atoms with E-state index in [0.717, 1.165) is 12.0 Å². The smallest absolute Gasteiger partial charge is 0.272 e. The Balaban J connectivity index is 1.49. The normalized spacial score (nSPS) is 17.4. The Hall–Kier alpha value is -2.96. The van der Waals surface area contributed by atoms with Crippen LogP contribution in [0, 0.1) is 0 Å². The molecule has 0 aliphatic carbocycles. The van der Waals surface area contributed by atoms with Crippen LogP contribution in [0.4, 0.5) is 0 Å². The number of hydrogen-bond acceptors (Lipinski definition) is 5. The van der Waals surface area contributed by atoms with E-state index in [4.69, 9.17) is 4.52 Å². The van der Waals surface area contributed by atoms with Crippen LogP contribution in [0.25, 0.3) is 11.5 Å². The lowest BCUT2D eigenvalue weighted by molar-refractivity contribution is 0.0779. The molecule has 0 spiro atoms. The lowest BCUT2D eigenvalue weighted by atomic mass is 10.1. The van der Waals surface area contributed by atoms with Gasteiger partial charge in [0.1, 0.15) is 5.69 Å². The average molecular weight is 323 g/mol. The van der Waals surface area contributed by atoms with Gasteiger partial charge in [0, 0.05) is 37.8 Å². The minimum Gasteiger partial charge on any atom is -0.337 e. The summed E-state index contributed by atoms with van der Waals surface area (Å²) >= 11 is 0. The van der Waals surface area contributed by atoms with Crippen LogP contribution in [0.5, 0.6) is 0 Å². The van der Waals surface area contributed by atoms with Crippen molar-refractivity contribution < 1.29 is 9.32 Å². The summed E-state index contributed by atoms with van der Waals surface area (Å²) in [6.07, 6.45) is 2.46. The molecule has 1 atom stereocenters. The fourth-order valence-electron chi connectivity index (χ4n) is 3.00. The van der Waals surface area contributed by atoms with Crippen LogP contribution in [0.3, 0.4) is 0 Å². The Morgan fingerprint density at radius 3 is 2.83 bits per heavy atom. The second kappa shape index (κ2) is 5.92. The number of carbonyl (C=O) groups is 1. The van der Waals surface area contributed by atoms with E-state index in [1.54, 1.807) is 24.0 Å². The van der Waals surface area contributed by atoms with Crippen molar-refractivity contribution in [3.8, 4) is 11.5 Å². The Bertz CT molecular complexity index is 855. The molecule has 1 aliphatic heterocycles. The van der Waals surface area contributed by atoms with Crippen molar-refractivity contribution in [2.24, 2.45) is 7.05 Å². The summed E-state index contributed by atoms with van der Waals surface area (Å²) in [6.45, 7) is 1.28. The van der Waals surface area contributed by atoms with Crippen LogP contribution < -0.4 is 0 Å². The molecule has 1 saturated heterocycles. The second-order valence-corrected chi connectivity index (χ2v) is 5.90. The Labute approximate surface area is 138 Å². The summed E-state index contributed by atoms with van der Waals surface area (Å²) in [5, 5.41) is 8.16. The molecule has 1 amide bonds. The van der Waals surface area contributed by atoms with Gasteiger partial charge in [-0.15, -0.1) is 0 Å². The van der Waals surface area contributed by atoms with E-state index in [2.05, 4.69) is 15.2 Å². The molecule has 7 heteroatoms. The standard InChI is InChI=1S/C17H17N5O2/c1-21-14(7-9-18-21)17(23)22-10-8-13(11-22)15-19-16(24-20-15)12-5-3-2-4-6-12/h2-7,9,13H,8,10-11H2,1H3. The number of aryl methyl sites for hydroxylation is 1. The SMILES string of the molecule is Cn1nccc1C(=O)N1CCC(c2noc(-c3ccccc3)n2)C1. The van der Waals surface area contributed by atoms with Crippen molar-refractivity contribution in [2.75, 3.05) is 13.1 Å². The number of hydrogen-bond donors (Lipinski definition) is 0. The van der Waals surface area contributed by atoms with Crippen LogP contribution in [0.2, 0.25) is 0 Å². The summed E-state index contributed by atoms with van der Waals surface area (Å²) in [5.74, 6) is 1.27. The van der Waals surface area contributed by atoms with Crippen molar-refractivity contribution in [3.05, 3.63) is 54.1 Å². The van der Waals surface area contributed by atoms with E-state index in [1.165, 1.54) is 0 Å². The van der Waals surface area contributed by atoms with Gasteiger partial charge in [0.05, 0.1) is 0 Å². The largest absolute Gasteiger partial charge is 0.337 e. The molecule has 1 aliphatic rings.